The van der Waals surface area contributed by atoms with Gasteiger partial charge in [-0.15, -0.1) is 0 Å². The van der Waals surface area contributed by atoms with E-state index >= 15 is 0 Å². The van der Waals surface area contributed by atoms with Gasteiger partial charge < -0.3 is 9.63 Å². The van der Waals surface area contributed by atoms with Crippen molar-refractivity contribution in [1.29, 1.82) is 0 Å². The van der Waals surface area contributed by atoms with Crippen molar-refractivity contribution >= 4 is 13.8 Å². The van der Waals surface area contributed by atoms with E-state index in [1.807, 2.05) is 0 Å². The van der Waals surface area contributed by atoms with E-state index in [1.54, 1.807) is 13.8 Å². The number of hydrogen-bond donors (Lipinski definition) is 1. The average molecular weight is 292 g/mol. The summed E-state index contributed by atoms with van der Waals surface area (Å²) in [6, 6.07) is 0. The van der Waals surface area contributed by atoms with Crippen molar-refractivity contribution in [1.82, 2.24) is 0 Å². The first-order chi connectivity index (χ1) is 8.99. The second-order valence-electron chi connectivity index (χ2n) is 4.30. The molecule has 0 amide bonds. The van der Waals surface area contributed by atoms with Crippen LogP contribution in [-0.2, 0) is 22.9 Å². The zero-order valence-corrected chi connectivity index (χ0v) is 12.2. The van der Waals surface area contributed by atoms with E-state index in [9.17, 15) is 9.36 Å². The molecule has 19 heavy (non-hydrogen) atoms. The van der Waals surface area contributed by atoms with Crippen molar-refractivity contribution in [3.63, 3.8) is 0 Å². The molecule has 0 aromatic heterocycles. The molecule has 0 unspecified atom stereocenters. The molecule has 0 bridgehead atoms. The summed E-state index contributed by atoms with van der Waals surface area (Å²) in [5, 5.41) is 8.79. The first-order valence-electron chi connectivity index (χ1n) is 6.51. The van der Waals surface area contributed by atoms with Gasteiger partial charge in [-0.25, -0.2) is 9.36 Å². The summed E-state index contributed by atoms with van der Waals surface area (Å²) < 4.78 is 27.3. The Morgan fingerprint density at radius 2 is 1.89 bits per heavy atom. The molecule has 0 aromatic carbocycles. The first kappa shape index (κ1) is 16.2. The maximum Gasteiger partial charge on any atom is 0.529 e. The smallest absolute Gasteiger partial charge is 0.478 e. The molecule has 7 heteroatoms. The van der Waals surface area contributed by atoms with E-state index in [0.717, 1.165) is 25.3 Å². The lowest BCUT2D eigenvalue weighted by molar-refractivity contribution is -0.131. The summed E-state index contributed by atoms with van der Waals surface area (Å²) in [7, 11) is -3.70. The Labute approximate surface area is 113 Å². The topological polar surface area (TPSA) is 82.1 Å². The Hall–Kier alpha value is -0.840. The molecule has 1 rings (SSSR count). The highest BCUT2D eigenvalue weighted by Gasteiger charge is 2.29. The molecular formula is C12H21O6P. The predicted molar refractivity (Wildman–Crippen MR) is 69.6 cm³/mol. The second kappa shape index (κ2) is 7.68. The minimum atomic E-state index is -3.70. The average Bonchev–Trinajstić information content (AvgIpc) is 3.09. The highest BCUT2D eigenvalue weighted by atomic mass is 31.2. The zero-order chi connectivity index (χ0) is 14.3. The Kier molecular flexibility index (Phi) is 6.55. The van der Waals surface area contributed by atoms with E-state index < -0.39 is 13.8 Å². The molecule has 0 heterocycles. The molecule has 0 aliphatic heterocycles. The largest absolute Gasteiger partial charge is 0.529 e. The molecule has 1 aliphatic rings. The third-order valence-corrected chi connectivity index (χ3v) is 4.19. The second-order valence-corrected chi connectivity index (χ2v) is 5.90. The Bertz CT molecular complexity index is 364. The van der Waals surface area contributed by atoms with Crippen LogP contribution in [-0.4, -0.2) is 24.3 Å². The number of aliphatic carboxylic acids is 1. The summed E-state index contributed by atoms with van der Waals surface area (Å²) in [6.45, 7) is 3.67. The van der Waals surface area contributed by atoms with E-state index in [1.165, 1.54) is 0 Å². The van der Waals surface area contributed by atoms with E-state index in [2.05, 4.69) is 0 Å². The van der Waals surface area contributed by atoms with Crippen LogP contribution in [0.3, 0.4) is 0 Å². The summed E-state index contributed by atoms with van der Waals surface area (Å²) in [5.41, 5.74) is 0. The molecule has 1 N–H and O–H groups in total. The number of carboxylic acids is 1. The molecule has 110 valence electrons. The van der Waals surface area contributed by atoms with E-state index in [-0.39, 0.29) is 19.0 Å². The fourth-order valence-corrected chi connectivity index (χ4v) is 2.83. The number of phosphoric acid groups is 1. The van der Waals surface area contributed by atoms with Crippen molar-refractivity contribution in [2.75, 3.05) is 13.2 Å². The third-order valence-electron chi connectivity index (χ3n) is 2.58. The van der Waals surface area contributed by atoms with Crippen LogP contribution in [0.5, 0.6) is 0 Å². The van der Waals surface area contributed by atoms with Crippen LogP contribution in [0.4, 0.5) is 0 Å². The van der Waals surface area contributed by atoms with Crippen molar-refractivity contribution in [2.45, 2.75) is 39.5 Å². The first-order valence-corrected chi connectivity index (χ1v) is 7.97. The Balaban J connectivity index is 2.66. The monoisotopic (exact) mass is 292 g/mol. The van der Waals surface area contributed by atoms with Gasteiger partial charge in [-0.2, -0.15) is 0 Å². The van der Waals surface area contributed by atoms with Crippen LogP contribution >= 0.6 is 7.82 Å². The summed E-state index contributed by atoms with van der Waals surface area (Å²) in [5.74, 6) is -0.366. The van der Waals surface area contributed by atoms with Gasteiger partial charge in [0.1, 0.15) is 5.76 Å². The standard InChI is InChI=1S/C12H21O6P/c1-3-16-19(15,17-4-2)18-11(9-12(13)14)8-7-10-5-6-10/h9-10H,3-8H2,1-2H3,(H,13,14)/b11-9-. The molecule has 0 aromatic rings. The van der Waals surface area contributed by atoms with Crippen LogP contribution in [0.15, 0.2) is 11.8 Å². The van der Waals surface area contributed by atoms with Gasteiger partial charge >= 0.3 is 13.8 Å². The number of allylic oxidation sites excluding steroid dienone is 1. The van der Waals surface area contributed by atoms with Crippen LogP contribution in [0.25, 0.3) is 0 Å². The molecule has 1 saturated carbocycles. The summed E-state index contributed by atoms with van der Waals surface area (Å²) >= 11 is 0. The molecule has 6 nitrogen and oxygen atoms in total. The van der Waals surface area contributed by atoms with Crippen molar-refractivity contribution in [3.8, 4) is 0 Å². The highest BCUT2D eigenvalue weighted by Crippen LogP contribution is 2.52. The van der Waals surface area contributed by atoms with Crippen molar-refractivity contribution in [2.24, 2.45) is 5.92 Å². The molecule has 1 fully saturated rings. The molecule has 0 atom stereocenters. The Morgan fingerprint density at radius 3 is 2.32 bits per heavy atom. The van der Waals surface area contributed by atoms with Crippen LogP contribution < -0.4 is 0 Å². The van der Waals surface area contributed by atoms with Gasteiger partial charge in [-0.1, -0.05) is 12.8 Å². The fraction of sp³-hybridized carbons (Fsp3) is 0.750. The number of hydrogen-bond acceptors (Lipinski definition) is 5. The van der Waals surface area contributed by atoms with Gasteiger partial charge in [0.15, 0.2) is 0 Å². The predicted octanol–water partition coefficient (Wildman–Crippen LogP) is 3.34. The fourth-order valence-electron chi connectivity index (χ4n) is 1.58. The van der Waals surface area contributed by atoms with Gasteiger partial charge in [0, 0.05) is 6.42 Å². The van der Waals surface area contributed by atoms with Crippen LogP contribution in [0, 0.1) is 5.92 Å². The lowest BCUT2D eigenvalue weighted by atomic mass is 10.2. The lowest BCUT2D eigenvalue weighted by Crippen LogP contribution is -2.03. The maximum absolute atomic E-state index is 12.2. The molecule has 0 saturated heterocycles. The van der Waals surface area contributed by atoms with Gasteiger partial charge in [-0.05, 0) is 26.2 Å². The van der Waals surface area contributed by atoms with Gasteiger partial charge in [0.25, 0.3) is 0 Å². The summed E-state index contributed by atoms with van der Waals surface area (Å²) in [4.78, 5) is 10.7. The number of phosphoric ester groups is 1. The number of carbonyl (C=O) groups is 1. The lowest BCUT2D eigenvalue weighted by Gasteiger charge is -2.18. The van der Waals surface area contributed by atoms with Crippen LogP contribution in [0.2, 0.25) is 0 Å². The Morgan fingerprint density at radius 1 is 1.32 bits per heavy atom. The molecule has 0 spiro atoms. The highest BCUT2D eigenvalue weighted by molar-refractivity contribution is 7.48. The van der Waals surface area contributed by atoms with Crippen molar-refractivity contribution < 1.29 is 28.0 Å². The molecule has 0 radical (unpaired) electrons. The third kappa shape index (κ3) is 6.76. The normalized spacial score (nSPS) is 16.4. The summed E-state index contributed by atoms with van der Waals surface area (Å²) in [6.07, 6.45) is 4.51. The minimum Gasteiger partial charge on any atom is -0.478 e. The zero-order valence-electron chi connectivity index (χ0n) is 11.3. The van der Waals surface area contributed by atoms with E-state index in [0.29, 0.717) is 12.3 Å². The molecule has 1 aliphatic carbocycles. The van der Waals surface area contributed by atoms with E-state index in [4.69, 9.17) is 18.7 Å². The van der Waals surface area contributed by atoms with Crippen LogP contribution in [0.1, 0.15) is 39.5 Å². The quantitative estimate of drug-likeness (QED) is 0.378. The maximum atomic E-state index is 12.2. The SMILES string of the molecule is CCOP(=O)(OCC)O/C(=C\C(=O)O)CCC1CC1. The number of rotatable bonds is 10. The van der Waals surface area contributed by atoms with Crippen molar-refractivity contribution in [3.05, 3.63) is 11.8 Å². The number of carboxylic acid groups (broad SMARTS) is 1. The minimum absolute atomic E-state index is 0.143. The van der Waals surface area contributed by atoms with Gasteiger partial charge in [0.2, 0.25) is 0 Å². The van der Waals surface area contributed by atoms with Gasteiger partial charge in [0.05, 0.1) is 19.3 Å². The molecular weight excluding hydrogens is 271 g/mol. The van der Waals surface area contributed by atoms with Gasteiger partial charge in [-0.3, -0.25) is 9.05 Å².